The van der Waals surface area contributed by atoms with Crippen LogP contribution in [0.2, 0.25) is 0 Å². The lowest BCUT2D eigenvalue weighted by molar-refractivity contribution is -0.112. The minimum atomic E-state index is 0.0293. The van der Waals surface area contributed by atoms with Gasteiger partial charge in [0, 0.05) is 12.0 Å². The van der Waals surface area contributed by atoms with Crippen LogP contribution in [0, 0.1) is 12.3 Å². The predicted molar refractivity (Wildman–Crippen MR) is 51.2 cm³/mol. The maximum absolute atomic E-state index is 11.0. The Morgan fingerprint density at radius 2 is 2.31 bits per heavy atom. The van der Waals surface area contributed by atoms with Gasteiger partial charge in [-0.05, 0) is 23.8 Å². The second-order valence-corrected chi connectivity index (χ2v) is 2.89. The Hall–Kier alpha value is -1.88. The van der Waals surface area contributed by atoms with Crippen molar-refractivity contribution in [3.05, 3.63) is 29.3 Å². The number of ketones is 1. The van der Waals surface area contributed by atoms with Crippen molar-refractivity contribution in [1.82, 2.24) is 0 Å². The molecule has 1 aromatic carbocycles. The maximum atomic E-state index is 11.0. The highest BCUT2D eigenvalue weighted by Gasteiger charge is 2.11. The van der Waals surface area contributed by atoms with Crippen molar-refractivity contribution in [2.45, 2.75) is 6.42 Å². The highest BCUT2D eigenvalue weighted by atomic mass is 16.1. The molecule has 0 aromatic heterocycles. The fourth-order valence-electron chi connectivity index (χ4n) is 1.32. The quantitative estimate of drug-likeness (QED) is 0.541. The summed E-state index contributed by atoms with van der Waals surface area (Å²) >= 11 is 0. The molecule has 13 heavy (non-hydrogen) atoms. The molecule has 62 valence electrons. The first-order valence-corrected chi connectivity index (χ1v) is 3.96. The molecule has 0 atom stereocenters. The van der Waals surface area contributed by atoms with Gasteiger partial charge in [0.15, 0.2) is 5.78 Å². The molecule has 2 heteroatoms. The van der Waals surface area contributed by atoms with Crippen molar-refractivity contribution in [3.63, 3.8) is 0 Å². The van der Waals surface area contributed by atoms with E-state index in [2.05, 4.69) is 10.9 Å². The van der Waals surface area contributed by atoms with Crippen LogP contribution in [0.15, 0.2) is 23.2 Å². The number of fused-ring (bicyclic) bond motifs is 1. The smallest absolute Gasteiger partial charge is 0.178 e. The molecule has 0 aliphatic carbocycles. The highest BCUT2D eigenvalue weighted by Crippen LogP contribution is 2.23. The summed E-state index contributed by atoms with van der Waals surface area (Å²) in [6.07, 6.45) is 7.01. The van der Waals surface area contributed by atoms with Crippen molar-refractivity contribution < 1.29 is 4.79 Å². The number of aliphatic imine (C=N–C) groups is 1. The largest absolute Gasteiger partial charge is 0.293 e. The molecule has 0 amide bonds. The number of rotatable bonds is 0. The van der Waals surface area contributed by atoms with Gasteiger partial charge < -0.3 is 0 Å². The number of hydrogen-bond acceptors (Lipinski definition) is 2. The first-order valence-electron chi connectivity index (χ1n) is 3.96. The highest BCUT2D eigenvalue weighted by molar-refractivity contribution is 6.29. The Labute approximate surface area is 76.3 Å². The van der Waals surface area contributed by atoms with Crippen LogP contribution in [-0.4, -0.2) is 12.0 Å². The van der Waals surface area contributed by atoms with Crippen molar-refractivity contribution in [1.29, 1.82) is 0 Å². The van der Waals surface area contributed by atoms with E-state index in [0.717, 1.165) is 16.8 Å². The number of carbonyl (C=O) groups is 1. The van der Waals surface area contributed by atoms with Crippen molar-refractivity contribution in [3.8, 4) is 12.3 Å². The second-order valence-electron chi connectivity index (χ2n) is 2.89. The third-order valence-corrected chi connectivity index (χ3v) is 1.96. The number of terminal acetylenes is 1. The molecule has 0 bridgehead atoms. The zero-order valence-corrected chi connectivity index (χ0v) is 6.95. The summed E-state index contributed by atoms with van der Waals surface area (Å²) in [6.45, 7) is 0. The molecule has 0 saturated carbocycles. The van der Waals surface area contributed by atoms with Crippen LogP contribution >= 0.6 is 0 Å². The third-order valence-electron chi connectivity index (χ3n) is 1.96. The standard InChI is InChI=1S/C11H7NO/c1-2-8-3-4-11-9(5-8)6-10(13)7-12-11/h1,3-5,7H,6H2. The minimum Gasteiger partial charge on any atom is -0.293 e. The van der Waals surface area contributed by atoms with Gasteiger partial charge in [0.25, 0.3) is 0 Å². The van der Waals surface area contributed by atoms with Crippen LogP contribution in [0.1, 0.15) is 11.1 Å². The van der Waals surface area contributed by atoms with Crippen LogP contribution < -0.4 is 0 Å². The molecule has 2 rings (SSSR count). The summed E-state index contributed by atoms with van der Waals surface area (Å²) in [6, 6.07) is 5.50. The van der Waals surface area contributed by atoms with E-state index in [1.54, 1.807) is 0 Å². The maximum Gasteiger partial charge on any atom is 0.178 e. The van der Waals surface area contributed by atoms with Gasteiger partial charge in [0.1, 0.15) is 0 Å². The molecule has 0 spiro atoms. The number of Topliss-reactive ketones (excluding diaryl/α,β-unsaturated/α-hetero) is 1. The van der Waals surface area contributed by atoms with Gasteiger partial charge in [0.05, 0.1) is 11.9 Å². The molecule has 1 aliphatic heterocycles. The van der Waals surface area contributed by atoms with Gasteiger partial charge in [-0.25, -0.2) is 0 Å². The third kappa shape index (κ3) is 1.36. The van der Waals surface area contributed by atoms with E-state index in [0.29, 0.717) is 6.42 Å². The molecule has 0 N–H and O–H groups in total. The Morgan fingerprint density at radius 3 is 3.08 bits per heavy atom. The van der Waals surface area contributed by atoms with Crippen molar-refractivity contribution >= 4 is 17.7 Å². The molecule has 2 nitrogen and oxygen atoms in total. The topological polar surface area (TPSA) is 29.4 Å². The first kappa shape index (κ1) is 7.75. The predicted octanol–water partition coefficient (Wildman–Crippen LogP) is 1.50. The normalized spacial score (nSPS) is 13.6. The Bertz CT molecular complexity index is 438. The van der Waals surface area contributed by atoms with Gasteiger partial charge in [-0.2, -0.15) is 0 Å². The summed E-state index contributed by atoms with van der Waals surface area (Å²) in [5.41, 5.74) is 2.56. The van der Waals surface area contributed by atoms with Crippen LogP contribution in [0.4, 0.5) is 5.69 Å². The van der Waals surface area contributed by atoms with Crippen LogP contribution in [-0.2, 0) is 11.2 Å². The van der Waals surface area contributed by atoms with Crippen molar-refractivity contribution in [2.24, 2.45) is 4.99 Å². The van der Waals surface area contributed by atoms with Crippen LogP contribution in [0.3, 0.4) is 0 Å². The van der Waals surface area contributed by atoms with E-state index in [4.69, 9.17) is 6.42 Å². The Morgan fingerprint density at radius 1 is 1.46 bits per heavy atom. The van der Waals surface area contributed by atoms with Gasteiger partial charge in [0.2, 0.25) is 0 Å². The molecular formula is C11H7NO. The monoisotopic (exact) mass is 169 g/mol. The summed E-state index contributed by atoms with van der Waals surface area (Å²) in [5.74, 6) is 2.56. The van der Waals surface area contributed by atoms with Crippen LogP contribution in [0.5, 0.6) is 0 Å². The average molecular weight is 169 g/mol. The number of hydrogen-bond donors (Lipinski definition) is 0. The molecule has 0 radical (unpaired) electrons. The van der Waals surface area contributed by atoms with Gasteiger partial charge in [-0.1, -0.05) is 5.92 Å². The van der Waals surface area contributed by atoms with E-state index in [1.807, 2.05) is 18.2 Å². The Balaban J connectivity index is 2.54. The summed E-state index contributed by atoms with van der Waals surface area (Å²) < 4.78 is 0. The summed E-state index contributed by atoms with van der Waals surface area (Å²) in [4.78, 5) is 15.0. The first-order chi connectivity index (χ1) is 6.29. The van der Waals surface area contributed by atoms with Crippen LogP contribution in [0.25, 0.3) is 0 Å². The van der Waals surface area contributed by atoms with Gasteiger partial charge in [-0.3, -0.25) is 9.79 Å². The van der Waals surface area contributed by atoms with Gasteiger partial charge in [-0.15, -0.1) is 6.42 Å². The fourth-order valence-corrected chi connectivity index (χ4v) is 1.32. The molecule has 1 aliphatic rings. The zero-order chi connectivity index (χ0) is 9.26. The van der Waals surface area contributed by atoms with E-state index < -0.39 is 0 Å². The number of benzene rings is 1. The summed E-state index contributed by atoms with van der Waals surface area (Å²) in [7, 11) is 0. The molecule has 1 aromatic rings. The molecule has 0 fully saturated rings. The Kier molecular flexibility index (Phi) is 1.71. The summed E-state index contributed by atoms with van der Waals surface area (Å²) in [5, 5.41) is 0. The van der Waals surface area contributed by atoms with E-state index in [9.17, 15) is 4.79 Å². The molecule has 0 unspecified atom stereocenters. The average Bonchev–Trinajstić information content (AvgIpc) is 2.16. The SMILES string of the molecule is C#Cc1ccc2c(c1)CC(=O)C=N2. The van der Waals surface area contributed by atoms with E-state index in [-0.39, 0.29) is 5.78 Å². The second kappa shape index (κ2) is 2.87. The lowest BCUT2D eigenvalue weighted by atomic mass is 10.0. The number of nitrogens with zero attached hydrogens (tertiary/aromatic N) is 1. The van der Waals surface area contributed by atoms with E-state index in [1.165, 1.54) is 6.21 Å². The van der Waals surface area contributed by atoms with Crippen molar-refractivity contribution in [2.75, 3.05) is 0 Å². The minimum absolute atomic E-state index is 0.0293. The molecule has 0 saturated heterocycles. The van der Waals surface area contributed by atoms with Gasteiger partial charge >= 0.3 is 0 Å². The molecule has 1 heterocycles. The van der Waals surface area contributed by atoms with E-state index >= 15 is 0 Å². The number of carbonyl (C=O) groups excluding carboxylic acids is 1. The molecular weight excluding hydrogens is 162 g/mol. The lowest BCUT2D eigenvalue weighted by Gasteiger charge is -2.08. The fraction of sp³-hybridized carbons (Fsp3) is 0.0909. The lowest BCUT2D eigenvalue weighted by Crippen LogP contribution is -2.08. The zero-order valence-electron chi connectivity index (χ0n) is 6.95.